The molecule has 1 aliphatic carbocycles. The normalized spacial score (nSPS) is 23.8. The molecule has 0 radical (unpaired) electrons. The van der Waals surface area contributed by atoms with E-state index in [9.17, 15) is 0 Å². The topological polar surface area (TPSA) is 40.5 Å². The van der Waals surface area contributed by atoms with Crippen LogP contribution in [0.1, 0.15) is 49.7 Å². The molecule has 136 valence electrons. The molecule has 2 heterocycles. The Hall–Kier alpha value is -0.370. The first-order valence-electron chi connectivity index (χ1n) is 9.20. The van der Waals surface area contributed by atoms with Gasteiger partial charge in [-0.15, -0.1) is 35.3 Å². The molecule has 0 bridgehead atoms. The molecule has 2 fully saturated rings. The van der Waals surface area contributed by atoms with Crippen molar-refractivity contribution in [3.63, 3.8) is 0 Å². The first-order valence-corrected chi connectivity index (χ1v) is 10.1. The minimum Gasteiger partial charge on any atom is -0.357 e. The summed E-state index contributed by atoms with van der Waals surface area (Å²) in [6.45, 7) is 8.50. The molecule has 2 atom stereocenters. The Morgan fingerprint density at radius 3 is 2.62 bits per heavy atom. The molecule has 0 spiro atoms. The lowest BCUT2D eigenvalue weighted by Gasteiger charge is -2.22. The number of nitrogens with zero attached hydrogens (tertiary/aromatic N) is 3. The highest BCUT2D eigenvalue weighted by atomic mass is 127. The van der Waals surface area contributed by atoms with Crippen molar-refractivity contribution in [3.05, 3.63) is 16.1 Å². The molecule has 1 aliphatic heterocycles. The summed E-state index contributed by atoms with van der Waals surface area (Å²) in [6, 6.07) is 0. The standard InChI is InChI=1S/C18H30N4S.HI/c1-3-19-18(20-10-6-9-17-21-14(2)13-23-17)22-11-15-7-4-5-8-16(15)12-22;/h13,15-16H,3-12H2,1-2H3,(H,19,20);1H. The smallest absolute Gasteiger partial charge is 0.193 e. The van der Waals surface area contributed by atoms with Crippen molar-refractivity contribution in [2.45, 2.75) is 52.4 Å². The largest absolute Gasteiger partial charge is 0.357 e. The number of aliphatic imine (C=N–C) groups is 1. The van der Waals surface area contributed by atoms with Gasteiger partial charge in [0.25, 0.3) is 0 Å². The number of fused-ring (bicyclic) bond motifs is 1. The van der Waals surface area contributed by atoms with Crippen molar-refractivity contribution in [2.75, 3.05) is 26.2 Å². The predicted octanol–water partition coefficient (Wildman–Crippen LogP) is 4.09. The maximum atomic E-state index is 4.88. The molecule has 6 heteroatoms. The molecule has 1 aromatic heterocycles. The van der Waals surface area contributed by atoms with Crippen LogP contribution >= 0.6 is 35.3 Å². The van der Waals surface area contributed by atoms with E-state index in [-0.39, 0.29) is 24.0 Å². The van der Waals surface area contributed by atoms with Crippen LogP contribution in [0.5, 0.6) is 0 Å². The van der Waals surface area contributed by atoms with Crippen LogP contribution in [-0.2, 0) is 6.42 Å². The number of rotatable bonds is 5. The third-order valence-corrected chi connectivity index (χ3v) is 6.11. The Bertz CT molecular complexity index is 517. The molecule has 1 saturated heterocycles. The van der Waals surface area contributed by atoms with Crippen molar-refractivity contribution in [1.29, 1.82) is 0 Å². The fourth-order valence-electron chi connectivity index (χ4n) is 3.94. The lowest BCUT2D eigenvalue weighted by atomic mass is 9.82. The molecule has 4 nitrogen and oxygen atoms in total. The summed E-state index contributed by atoms with van der Waals surface area (Å²) in [4.78, 5) is 11.9. The zero-order chi connectivity index (χ0) is 16.1. The average molecular weight is 462 g/mol. The molecule has 0 amide bonds. The highest BCUT2D eigenvalue weighted by Gasteiger charge is 2.35. The SMILES string of the molecule is CCNC(=NCCCc1nc(C)cs1)N1CC2CCCCC2C1.I. The van der Waals surface area contributed by atoms with Crippen molar-refractivity contribution in [3.8, 4) is 0 Å². The van der Waals surface area contributed by atoms with Gasteiger partial charge in [-0.25, -0.2) is 4.98 Å². The number of halogens is 1. The fraction of sp³-hybridized carbons (Fsp3) is 0.778. The van der Waals surface area contributed by atoms with E-state index in [0.29, 0.717) is 0 Å². The van der Waals surface area contributed by atoms with Crippen LogP contribution in [0, 0.1) is 18.8 Å². The van der Waals surface area contributed by atoms with E-state index in [2.05, 4.69) is 34.4 Å². The van der Waals surface area contributed by atoms with E-state index in [1.165, 1.54) is 43.8 Å². The van der Waals surface area contributed by atoms with Crippen LogP contribution < -0.4 is 5.32 Å². The maximum absolute atomic E-state index is 4.88. The first kappa shape index (κ1) is 19.9. The van der Waals surface area contributed by atoms with E-state index in [4.69, 9.17) is 4.99 Å². The van der Waals surface area contributed by atoms with Gasteiger partial charge >= 0.3 is 0 Å². The number of aryl methyl sites for hydroxylation is 2. The van der Waals surface area contributed by atoms with E-state index in [1.54, 1.807) is 11.3 Å². The minimum atomic E-state index is 0. The predicted molar refractivity (Wildman–Crippen MR) is 114 cm³/mol. The molecular formula is C18H31IN4S. The van der Waals surface area contributed by atoms with Gasteiger partial charge in [-0.1, -0.05) is 12.8 Å². The number of likely N-dealkylation sites (tertiary alicyclic amines) is 1. The lowest BCUT2D eigenvalue weighted by molar-refractivity contribution is 0.299. The second-order valence-electron chi connectivity index (χ2n) is 6.93. The summed E-state index contributed by atoms with van der Waals surface area (Å²) in [7, 11) is 0. The third-order valence-electron chi connectivity index (χ3n) is 5.09. The van der Waals surface area contributed by atoms with Crippen LogP contribution in [0.25, 0.3) is 0 Å². The first-order chi connectivity index (χ1) is 11.3. The Kier molecular flexibility index (Phi) is 8.27. The minimum absolute atomic E-state index is 0. The lowest BCUT2D eigenvalue weighted by Crippen LogP contribution is -2.40. The Labute approximate surface area is 167 Å². The number of hydrogen-bond acceptors (Lipinski definition) is 3. The Morgan fingerprint density at radius 2 is 2.04 bits per heavy atom. The van der Waals surface area contributed by atoms with E-state index in [0.717, 1.165) is 49.4 Å². The van der Waals surface area contributed by atoms with Gasteiger partial charge in [0.15, 0.2) is 5.96 Å². The molecule has 1 saturated carbocycles. The molecular weight excluding hydrogens is 431 g/mol. The third kappa shape index (κ3) is 5.31. The molecule has 3 rings (SSSR count). The van der Waals surface area contributed by atoms with Crippen LogP contribution in [0.3, 0.4) is 0 Å². The number of hydrogen-bond donors (Lipinski definition) is 1. The number of thiazole rings is 1. The van der Waals surface area contributed by atoms with Crippen molar-refractivity contribution >= 4 is 41.3 Å². The van der Waals surface area contributed by atoms with Crippen molar-refractivity contribution < 1.29 is 0 Å². The average Bonchev–Trinajstić information content (AvgIpc) is 3.16. The van der Waals surface area contributed by atoms with Crippen LogP contribution in [-0.4, -0.2) is 42.0 Å². The molecule has 1 aromatic rings. The van der Waals surface area contributed by atoms with E-state index in [1.807, 2.05) is 0 Å². The van der Waals surface area contributed by atoms with Crippen molar-refractivity contribution in [1.82, 2.24) is 15.2 Å². The fourth-order valence-corrected chi connectivity index (χ4v) is 4.76. The molecule has 2 unspecified atom stereocenters. The molecule has 0 aromatic carbocycles. The van der Waals surface area contributed by atoms with Crippen LogP contribution in [0.15, 0.2) is 10.4 Å². The second-order valence-corrected chi connectivity index (χ2v) is 7.87. The highest BCUT2D eigenvalue weighted by Crippen LogP contribution is 2.35. The molecule has 2 aliphatic rings. The van der Waals surface area contributed by atoms with E-state index < -0.39 is 0 Å². The monoisotopic (exact) mass is 462 g/mol. The zero-order valence-electron chi connectivity index (χ0n) is 15.0. The number of guanidine groups is 1. The summed E-state index contributed by atoms with van der Waals surface area (Å²) >= 11 is 1.77. The van der Waals surface area contributed by atoms with Gasteiger partial charge in [0.05, 0.1) is 5.01 Å². The van der Waals surface area contributed by atoms with Crippen molar-refractivity contribution in [2.24, 2.45) is 16.8 Å². The quantitative estimate of drug-likeness (QED) is 0.310. The summed E-state index contributed by atoms with van der Waals surface area (Å²) in [5.74, 6) is 2.95. The summed E-state index contributed by atoms with van der Waals surface area (Å²) in [5, 5.41) is 6.88. The zero-order valence-corrected chi connectivity index (χ0v) is 18.1. The van der Waals surface area contributed by atoms with Crippen LogP contribution in [0.2, 0.25) is 0 Å². The van der Waals surface area contributed by atoms with Gasteiger partial charge in [-0.3, -0.25) is 4.99 Å². The molecule has 1 N–H and O–H groups in total. The summed E-state index contributed by atoms with van der Waals surface area (Å²) in [6.07, 6.45) is 7.83. The van der Waals surface area contributed by atoms with Gasteiger partial charge in [0.1, 0.15) is 0 Å². The number of nitrogens with one attached hydrogen (secondary N) is 1. The van der Waals surface area contributed by atoms with Gasteiger partial charge in [0.2, 0.25) is 0 Å². The van der Waals surface area contributed by atoms with Gasteiger partial charge < -0.3 is 10.2 Å². The maximum Gasteiger partial charge on any atom is 0.193 e. The van der Waals surface area contributed by atoms with Gasteiger partial charge in [-0.05, 0) is 44.9 Å². The number of aromatic nitrogens is 1. The Balaban J connectivity index is 0.00000208. The van der Waals surface area contributed by atoms with Gasteiger partial charge in [-0.2, -0.15) is 0 Å². The van der Waals surface area contributed by atoms with Crippen LogP contribution in [0.4, 0.5) is 0 Å². The Morgan fingerprint density at radius 1 is 1.33 bits per heavy atom. The summed E-state index contributed by atoms with van der Waals surface area (Å²) in [5.41, 5.74) is 1.14. The highest BCUT2D eigenvalue weighted by molar-refractivity contribution is 14.0. The molecule has 24 heavy (non-hydrogen) atoms. The van der Waals surface area contributed by atoms with Gasteiger partial charge in [0, 0.05) is 43.7 Å². The second kappa shape index (κ2) is 9.94. The summed E-state index contributed by atoms with van der Waals surface area (Å²) < 4.78 is 0. The van der Waals surface area contributed by atoms with E-state index >= 15 is 0 Å².